The van der Waals surface area contributed by atoms with Crippen molar-refractivity contribution in [3.05, 3.63) is 29.5 Å². The maximum absolute atomic E-state index is 12.7. The lowest BCUT2D eigenvalue weighted by molar-refractivity contribution is -0.137. The van der Waals surface area contributed by atoms with Crippen LogP contribution in [0.3, 0.4) is 0 Å². The Hall–Kier alpha value is -1.56. The van der Waals surface area contributed by atoms with Crippen molar-refractivity contribution in [1.29, 1.82) is 0 Å². The first-order valence-electron chi connectivity index (χ1n) is 5.75. The minimum absolute atomic E-state index is 0.00488. The van der Waals surface area contributed by atoms with Crippen molar-refractivity contribution in [3.63, 3.8) is 0 Å². The zero-order valence-corrected chi connectivity index (χ0v) is 9.42. The van der Waals surface area contributed by atoms with Gasteiger partial charge < -0.3 is 9.84 Å². The first-order valence-corrected chi connectivity index (χ1v) is 5.75. The lowest BCUT2D eigenvalue weighted by Gasteiger charge is -2.08. The molecule has 1 atom stereocenters. The molecule has 1 aromatic heterocycles. The van der Waals surface area contributed by atoms with Crippen LogP contribution >= 0.6 is 0 Å². The molecule has 0 saturated carbocycles. The molecule has 2 heterocycles. The Morgan fingerprint density at radius 2 is 2.17 bits per heavy atom. The van der Waals surface area contributed by atoms with E-state index in [9.17, 15) is 13.2 Å². The van der Waals surface area contributed by atoms with Crippen LogP contribution in [0.2, 0.25) is 0 Å². The van der Waals surface area contributed by atoms with Gasteiger partial charge in [0.1, 0.15) is 5.69 Å². The molecule has 6 heteroatoms. The van der Waals surface area contributed by atoms with Crippen LogP contribution in [-0.2, 0) is 6.18 Å². The third kappa shape index (κ3) is 1.86. The average molecular weight is 256 g/mol. The van der Waals surface area contributed by atoms with Crippen LogP contribution in [0.4, 0.5) is 13.2 Å². The van der Waals surface area contributed by atoms with E-state index in [2.05, 4.69) is 10.5 Å². The number of hydrogen-bond acceptors (Lipinski definition) is 3. The summed E-state index contributed by atoms with van der Waals surface area (Å²) in [7, 11) is 0. The van der Waals surface area contributed by atoms with Crippen LogP contribution in [0.25, 0.3) is 11.0 Å². The van der Waals surface area contributed by atoms with Gasteiger partial charge in [0.2, 0.25) is 0 Å². The number of nitrogens with one attached hydrogen (secondary N) is 1. The Labute approximate surface area is 101 Å². The summed E-state index contributed by atoms with van der Waals surface area (Å²) in [4.78, 5) is 0. The first kappa shape index (κ1) is 11.5. The second-order valence-electron chi connectivity index (χ2n) is 4.43. The Kier molecular flexibility index (Phi) is 2.55. The number of rotatable bonds is 1. The molecule has 1 aliphatic heterocycles. The molecule has 1 aliphatic rings. The van der Waals surface area contributed by atoms with E-state index < -0.39 is 11.7 Å². The van der Waals surface area contributed by atoms with Crippen molar-refractivity contribution < 1.29 is 17.7 Å². The normalized spacial score (nSPS) is 20.7. The number of hydrogen-bond donors (Lipinski definition) is 1. The number of alkyl halides is 3. The van der Waals surface area contributed by atoms with Crippen molar-refractivity contribution in [2.24, 2.45) is 0 Å². The number of benzene rings is 1. The van der Waals surface area contributed by atoms with Crippen molar-refractivity contribution in [1.82, 2.24) is 10.5 Å². The SMILES string of the molecule is FC(F)(F)c1ccc2onc(C3CCCN3)c2c1. The van der Waals surface area contributed by atoms with Gasteiger partial charge in [-0.1, -0.05) is 5.16 Å². The third-order valence-electron chi connectivity index (χ3n) is 3.22. The Morgan fingerprint density at radius 3 is 2.83 bits per heavy atom. The van der Waals surface area contributed by atoms with Gasteiger partial charge in [-0.2, -0.15) is 13.2 Å². The van der Waals surface area contributed by atoms with E-state index >= 15 is 0 Å². The standard InChI is InChI=1S/C12H11F3N2O/c13-12(14,15)7-3-4-10-8(6-7)11(17-18-10)9-2-1-5-16-9/h3-4,6,9,16H,1-2,5H2. The lowest BCUT2D eigenvalue weighted by Crippen LogP contribution is -2.13. The fourth-order valence-corrected chi connectivity index (χ4v) is 2.30. The highest BCUT2D eigenvalue weighted by Crippen LogP contribution is 2.34. The average Bonchev–Trinajstić information content (AvgIpc) is 2.95. The molecule has 1 N–H and O–H groups in total. The van der Waals surface area contributed by atoms with Crippen molar-refractivity contribution >= 4 is 11.0 Å². The predicted octanol–water partition coefficient (Wildman–Crippen LogP) is 3.27. The van der Waals surface area contributed by atoms with Crippen LogP contribution in [0.1, 0.15) is 30.1 Å². The third-order valence-corrected chi connectivity index (χ3v) is 3.22. The maximum Gasteiger partial charge on any atom is 0.416 e. The highest BCUT2D eigenvalue weighted by molar-refractivity contribution is 5.80. The summed E-state index contributed by atoms with van der Waals surface area (Å²) in [6.07, 6.45) is -2.47. The van der Waals surface area contributed by atoms with E-state index in [4.69, 9.17) is 4.52 Å². The zero-order chi connectivity index (χ0) is 12.8. The van der Waals surface area contributed by atoms with E-state index in [1.807, 2.05) is 0 Å². The molecular formula is C12H11F3N2O. The van der Waals surface area contributed by atoms with E-state index in [-0.39, 0.29) is 6.04 Å². The van der Waals surface area contributed by atoms with E-state index in [0.717, 1.165) is 31.5 Å². The highest BCUT2D eigenvalue weighted by atomic mass is 19.4. The lowest BCUT2D eigenvalue weighted by atomic mass is 10.1. The van der Waals surface area contributed by atoms with Crippen LogP contribution in [0.5, 0.6) is 0 Å². The number of fused-ring (bicyclic) bond motifs is 1. The van der Waals surface area contributed by atoms with Gasteiger partial charge in [0, 0.05) is 5.39 Å². The maximum atomic E-state index is 12.7. The monoisotopic (exact) mass is 256 g/mol. The minimum Gasteiger partial charge on any atom is -0.356 e. The summed E-state index contributed by atoms with van der Waals surface area (Å²) in [5.74, 6) is 0. The summed E-state index contributed by atoms with van der Waals surface area (Å²) < 4.78 is 43.1. The Balaban J connectivity index is 2.10. The molecule has 2 aromatic rings. The van der Waals surface area contributed by atoms with E-state index in [1.165, 1.54) is 6.07 Å². The van der Waals surface area contributed by atoms with Gasteiger partial charge in [-0.15, -0.1) is 0 Å². The Morgan fingerprint density at radius 1 is 1.33 bits per heavy atom. The second-order valence-corrected chi connectivity index (χ2v) is 4.43. The number of aromatic nitrogens is 1. The van der Waals surface area contributed by atoms with Gasteiger partial charge in [-0.3, -0.25) is 0 Å². The van der Waals surface area contributed by atoms with Crippen LogP contribution in [0, 0.1) is 0 Å². The second kappa shape index (κ2) is 3.98. The van der Waals surface area contributed by atoms with Crippen molar-refractivity contribution in [3.8, 4) is 0 Å². The topological polar surface area (TPSA) is 38.1 Å². The van der Waals surface area contributed by atoms with Gasteiger partial charge in [0.15, 0.2) is 5.58 Å². The molecule has 0 aliphatic carbocycles. The fraction of sp³-hybridized carbons (Fsp3) is 0.417. The molecule has 96 valence electrons. The minimum atomic E-state index is -4.34. The van der Waals surface area contributed by atoms with Gasteiger partial charge in [-0.25, -0.2) is 0 Å². The van der Waals surface area contributed by atoms with E-state index in [0.29, 0.717) is 16.7 Å². The molecule has 0 spiro atoms. The molecule has 3 nitrogen and oxygen atoms in total. The molecule has 0 radical (unpaired) electrons. The fourth-order valence-electron chi connectivity index (χ4n) is 2.30. The van der Waals surface area contributed by atoms with Gasteiger partial charge in [-0.05, 0) is 37.6 Å². The molecule has 1 unspecified atom stereocenters. The molecule has 3 rings (SSSR count). The molecule has 18 heavy (non-hydrogen) atoms. The molecule has 1 aromatic carbocycles. The van der Waals surface area contributed by atoms with Gasteiger partial charge in [0.25, 0.3) is 0 Å². The summed E-state index contributed by atoms with van der Waals surface area (Å²) in [5.41, 5.74) is 0.303. The molecule has 1 saturated heterocycles. The summed E-state index contributed by atoms with van der Waals surface area (Å²) >= 11 is 0. The molecule has 1 fully saturated rings. The largest absolute Gasteiger partial charge is 0.416 e. The van der Waals surface area contributed by atoms with Crippen LogP contribution in [0.15, 0.2) is 22.7 Å². The predicted molar refractivity (Wildman–Crippen MR) is 59.0 cm³/mol. The summed E-state index contributed by atoms with van der Waals surface area (Å²) in [6.45, 7) is 0.859. The smallest absolute Gasteiger partial charge is 0.356 e. The molecular weight excluding hydrogens is 245 g/mol. The highest BCUT2D eigenvalue weighted by Gasteiger charge is 2.32. The molecule has 0 amide bonds. The zero-order valence-electron chi connectivity index (χ0n) is 9.42. The van der Waals surface area contributed by atoms with Gasteiger partial charge >= 0.3 is 6.18 Å². The van der Waals surface area contributed by atoms with Crippen molar-refractivity contribution in [2.45, 2.75) is 25.1 Å². The quantitative estimate of drug-likeness (QED) is 0.851. The van der Waals surface area contributed by atoms with E-state index in [1.54, 1.807) is 0 Å². The summed E-state index contributed by atoms with van der Waals surface area (Å²) in [6, 6.07) is 3.44. The molecule has 0 bridgehead atoms. The number of halogens is 3. The summed E-state index contributed by atoms with van der Waals surface area (Å²) in [5, 5.41) is 7.55. The first-order chi connectivity index (χ1) is 8.55. The van der Waals surface area contributed by atoms with Gasteiger partial charge in [0.05, 0.1) is 11.6 Å². The number of nitrogens with zero attached hydrogens (tertiary/aromatic N) is 1. The van der Waals surface area contributed by atoms with Crippen LogP contribution in [-0.4, -0.2) is 11.7 Å². The Bertz CT molecular complexity index is 570. The van der Waals surface area contributed by atoms with Crippen molar-refractivity contribution in [2.75, 3.05) is 6.54 Å². The van der Waals surface area contributed by atoms with Crippen LogP contribution < -0.4 is 5.32 Å².